The van der Waals surface area contributed by atoms with Gasteiger partial charge in [0.25, 0.3) is 5.69 Å². The van der Waals surface area contributed by atoms with Crippen LogP contribution in [0.2, 0.25) is 0 Å². The maximum atomic E-state index is 10.8. The van der Waals surface area contributed by atoms with Gasteiger partial charge < -0.3 is 5.11 Å². The van der Waals surface area contributed by atoms with Gasteiger partial charge in [-0.15, -0.1) is 0 Å². The summed E-state index contributed by atoms with van der Waals surface area (Å²) < 4.78 is 0. The number of non-ortho nitro benzene ring substituents is 1. The molecule has 0 bridgehead atoms. The Balaban J connectivity index is 2.05. The van der Waals surface area contributed by atoms with Crippen molar-refractivity contribution in [1.82, 2.24) is 4.90 Å². The highest BCUT2D eigenvalue weighted by molar-refractivity contribution is 5.35. The molecule has 110 valence electrons. The van der Waals surface area contributed by atoms with Crippen molar-refractivity contribution >= 4 is 5.69 Å². The Bertz CT molecular complexity index is 478. The number of likely N-dealkylation sites (tertiary alicyclic amines) is 1. The minimum Gasteiger partial charge on any atom is -0.387 e. The van der Waals surface area contributed by atoms with Gasteiger partial charge in [-0.2, -0.15) is 0 Å². The molecule has 1 heterocycles. The number of benzene rings is 1. The normalized spacial score (nSPS) is 25.4. The van der Waals surface area contributed by atoms with Gasteiger partial charge in [-0.3, -0.25) is 15.0 Å². The summed E-state index contributed by atoms with van der Waals surface area (Å²) in [6.07, 6.45) is 1.69. The van der Waals surface area contributed by atoms with Crippen LogP contribution < -0.4 is 0 Å². The first-order chi connectivity index (χ1) is 9.47. The fourth-order valence-electron chi connectivity index (χ4n) is 2.81. The lowest BCUT2D eigenvalue weighted by Crippen LogP contribution is -2.43. The summed E-state index contributed by atoms with van der Waals surface area (Å²) in [5.41, 5.74) is 0.645. The van der Waals surface area contributed by atoms with Crippen molar-refractivity contribution in [1.29, 1.82) is 0 Å². The third-order valence-electron chi connectivity index (χ3n) is 4.12. The van der Waals surface area contributed by atoms with Gasteiger partial charge in [0.05, 0.1) is 11.0 Å². The van der Waals surface area contributed by atoms with Crippen molar-refractivity contribution in [3.05, 3.63) is 39.9 Å². The second-order valence-electron chi connectivity index (χ2n) is 5.85. The molecular formula is C15H22N2O3. The lowest BCUT2D eigenvalue weighted by Gasteiger charge is -2.37. The molecule has 0 radical (unpaired) electrons. The summed E-state index contributed by atoms with van der Waals surface area (Å²) >= 11 is 0. The van der Waals surface area contributed by atoms with Crippen molar-refractivity contribution in [3.8, 4) is 0 Å². The highest BCUT2D eigenvalue weighted by Crippen LogP contribution is 2.25. The van der Waals surface area contributed by atoms with Crippen molar-refractivity contribution < 1.29 is 10.0 Å². The Hall–Kier alpha value is -1.46. The highest BCUT2D eigenvalue weighted by Gasteiger charge is 2.25. The smallest absolute Gasteiger partial charge is 0.269 e. The molecule has 1 N–H and O–H groups in total. The fourth-order valence-corrected chi connectivity index (χ4v) is 2.81. The van der Waals surface area contributed by atoms with Crippen molar-refractivity contribution in [2.45, 2.75) is 38.8 Å². The highest BCUT2D eigenvalue weighted by atomic mass is 16.6. The Labute approximate surface area is 119 Å². The van der Waals surface area contributed by atoms with E-state index in [1.807, 2.05) is 0 Å². The van der Waals surface area contributed by atoms with Crippen LogP contribution in [0.25, 0.3) is 0 Å². The summed E-state index contributed by atoms with van der Waals surface area (Å²) in [6.45, 7) is 5.91. The number of nitrogens with zero attached hydrogens (tertiary/aromatic N) is 2. The van der Waals surface area contributed by atoms with Gasteiger partial charge in [0.2, 0.25) is 0 Å². The van der Waals surface area contributed by atoms with E-state index in [1.165, 1.54) is 18.6 Å². The Morgan fingerprint density at radius 2 is 2.20 bits per heavy atom. The number of hydrogen-bond acceptors (Lipinski definition) is 4. The lowest BCUT2D eigenvalue weighted by atomic mass is 9.94. The molecule has 20 heavy (non-hydrogen) atoms. The number of β-amino-alcohol motifs (C(OH)–C–C–N with tert-alkyl or cyclic N) is 1. The molecule has 0 spiro atoms. The zero-order valence-electron chi connectivity index (χ0n) is 12.0. The fraction of sp³-hybridized carbons (Fsp3) is 0.600. The Morgan fingerprint density at radius 1 is 1.45 bits per heavy atom. The number of aliphatic hydroxyl groups is 1. The van der Waals surface area contributed by atoms with Crippen molar-refractivity contribution in [3.63, 3.8) is 0 Å². The summed E-state index contributed by atoms with van der Waals surface area (Å²) in [7, 11) is 0. The molecule has 1 saturated heterocycles. The van der Waals surface area contributed by atoms with Crippen molar-refractivity contribution in [2.75, 3.05) is 13.1 Å². The van der Waals surface area contributed by atoms with E-state index >= 15 is 0 Å². The lowest BCUT2D eigenvalue weighted by molar-refractivity contribution is -0.385. The van der Waals surface area contributed by atoms with E-state index < -0.39 is 11.0 Å². The molecule has 0 saturated carbocycles. The van der Waals surface area contributed by atoms with E-state index in [4.69, 9.17) is 0 Å². The number of hydrogen-bond donors (Lipinski definition) is 1. The van der Waals surface area contributed by atoms with E-state index in [9.17, 15) is 15.2 Å². The van der Waals surface area contributed by atoms with Gasteiger partial charge in [0.1, 0.15) is 0 Å². The average Bonchev–Trinajstić information content (AvgIpc) is 2.43. The van der Waals surface area contributed by atoms with Crippen LogP contribution in [-0.4, -0.2) is 34.1 Å². The van der Waals surface area contributed by atoms with Gasteiger partial charge in [-0.05, 0) is 31.2 Å². The molecule has 1 aromatic rings. The predicted molar refractivity (Wildman–Crippen MR) is 77.5 cm³/mol. The van der Waals surface area contributed by atoms with Crippen LogP contribution in [0.5, 0.6) is 0 Å². The minimum atomic E-state index is -0.678. The average molecular weight is 278 g/mol. The molecular weight excluding hydrogens is 256 g/mol. The first-order valence-corrected chi connectivity index (χ1v) is 7.14. The largest absolute Gasteiger partial charge is 0.387 e. The van der Waals surface area contributed by atoms with Crippen molar-refractivity contribution in [2.24, 2.45) is 5.92 Å². The number of rotatable bonds is 4. The second kappa shape index (κ2) is 6.33. The van der Waals surface area contributed by atoms with E-state index in [2.05, 4.69) is 18.7 Å². The van der Waals surface area contributed by atoms with Crippen LogP contribution in [-0.2, 0) is 0 Å². The van der Waals surface area contributed by atoms with Crippen LogP contribution in [0.15, 0.2) is 24.3 Å². The molecule has 1 aliphatic heterocycles. The van der Waals surface area contributed by atoms with Crippen LogP contribution in [0.4, 0.5) is 5.69 Å². The molecule has 1 aliphatic rings. The first-order valence-electron chi connectivity index (χ1n) is 7.14. The zero-order chi connectivity index (χ0) is 14.7. The summed E-state index contributed by atoms with van der Waals surface area (Å²) in [5, 5.41) is 21.1. The number of piperidine rings is 1. The molecule has 1 aromatic carbocycles. The number of aliphatic hydroxyl groups excluding tert-OH is 1. The number of nitro benzene ring substituents is 1. The van der Waals surface area contributed by atoms with E-state index in [1.54, 1.807) is 12.1 Å². The molecule has 0 amide bonds. The second-order valence-corrected chi connectivity index (χ2v) is 5.85. The minimum absolute atomic E-state index is 0.0293. The van der Waals surface area contributed by atoms with E-state index in [0.29, 0.717) is 24.1 Å². The standard InChI is InChI=1S/C15H22N2O3/c1-11-6-7-12(2)16(9-11)10-15(18)13-4-3-5-14(8-13)17(19)20/h3-5,8,11-12,15,18H,6-7,9-10H2,1-2H3. The van der Waals surface area contributed by atoms with E-state index in [0.717, 1.165) is 13.0 Å². The quantitative estimate of drug-likeness (QED) is 0.679. The monoisotopic (exact) mass is 278 g/mol. The van der Waals surface area contributed by atoms with Gasteiger partial charge in [0, 0.05) is 31.3 Å². The summed E-state index contributed by atoms with van der Waals surface area (Å²) in [6, 6.07) is 6.73. The Kier molecular flexibility index (Phi) is 4.73. The maximum absolute atomic E-state index is 10.8. The van der Waals surface area contributed by atoms with Gasteiger partial charge in [-0.25, -0.2) is 0 Å². The molecule has 2 rings (SSSR count). The maximum Gasteiger partial charge on any atom is 0.269 e. The van der Waals surface area contributed by atoms with E-state index in [-0.39, 0.29) is 5.69 Å². The first kappa shape index (κ1) is 14.9. The third-order valence-corrected chi connectivity index (χ3v) is 4.12. The molecule has 0 aromatic heterocycles. The predicted octanol–water partition coefficient (Wildman–Crippen LogP) is 2.75. The SMILES string of the molecule is CC1CCC(C)N(CC(O)c2cccc([N+](=O)[O-])c2)C1. The Morgan fingerprint density at radius 3 is 2.90 bits per heavy atom. The molecule has 0 aliphatic carbocycles. The molecule has 3 atom stereocenters. The van der Waals surface area contributed by atoms with Gasteiger partial charge >= 0.3 is 0 Å². The zero-order valence-corrected chi connectivity index (χ0v) is 12.0. The van der Waals surface area contributed by atoms with Crippen LogP contribution in [0, 0.1) is 16.0 Å². The third kappa shape index (κ3) is 3.55. The van der Waals surface area contributed by atoms with Crippen LogP contribution in [0.1, 0.15) is 38.4 Å². The van der Waals surface area contributed by atoms with Gasteiger partial charge in [0.15, 0.2) is 0 Å². The van der Waals surface area contributed by atoms with Crippen LogP contribution >= 0.6 is 0 Å². The molecule has 3 unspecified atom stereocenters. The summed E-state index contributed by atoms with van der Waals surface area (Å²) in [4.78, 5) is 12.6. The summed E-state index contributed by atoms with van der Waals surface area (Å²) in [5.74, 6) is 0.642. The number of nitro groups is 1. The van der Waals surface area contributed by atoms with Crippen LogP contribution in [0.3, 0.4) is 0 Å². The molecule has 5 heteroatoms. The molecule has 1 fully saturated rings. The van der Waals surface area contributed by atoms with Gasteiger partial charge in [-0.1, -0.05) is 19.1 Å². The topological polar surface area (TPSA) is 66.6 Å². The molecule has 5 nitrogen and oxygen atoms in total.